The first-order valence-corrected chi connectivity index (χ1v) is 7.78. The highest BCUT2D eigenvalue weighted by Crippen LogP contribution is 2.41. The number of hydrogen-bond donors (Lipinski definition) is 1. The second-order valence-corrected chi connectivity index (χ2v) is 6.68. The van der Waals surface area contributed by atoms with Gasteiger partial charge in [0.15, 0.2) is 6.79 Å². The van der Waals surface area contributed by atoms with Gasteiger partial charge in [0.2, 0.25) is 0 Å². The molecule has 21 heavy (non-hydrogen) atoms. The van der Waals surface area contributed by atoms with Crippen LogP contribution in [0.4, 0.5) is 0 Å². The van der Waals surface area contributed by atoms with Crippen LogP contribution in [0.1, 0.15) is 44.7 Å². The lowest BCUT2D eigenvalue weighted by molar-refractivity contribution is 0.00934. The second kappa shape index (κ2) is 5.85. The summed E-state index contributed by atoms with van der Waals surface area (Å²) >= 11 is 0. The van der Waals surface area contributed by atoms with Crippen molar-refractivity contribution in [2.24, 2.45) is 5.92 Å². The summed E-state index contributed by atoms with van der Waals surface area (Å²) in [5.74, 6) is 2.47. The average molecular weight is 291 g/mol. The lowest BCUT2D eigenvalue weighted by Gasteiger charge is -2.37. The Morgan fingerprint density at radius 1 is 1.33 bits per heavy atom. The number of fused-ring (bicyclic) bond motifs is 1. The predicted octanol–water partition coefficient (Wildman–Crippen LogP) is 3.27. The molecular weight excluding hydrogens is 266 g/mol. The molecule has 1 heterocycles. The number of rotatable bonds is 6. The maximum atomic E-state index is 6.09. The van der Waals surface area contributed by atoms with Crippen LogP contribution in [0.5, 0.6) is 11.5 Å². The number of benzene rings is 1. The molecule has 3 rings (SSSR count). The van der Waals surface area contributed by atoms with E-state index < -0.39 is 0 Å². The maximum Gasteiger partial charge on any atom is 0.189 e. The molecule has 0 saturated heterocycles. The van der Waals surface area contributed by atoms with Gasteiger partial charge in [-0.25, -0.2) is 0 Å². The fourth-order valence-corrected chi connectivity index (χ4v) is 2.79. The van der Waals surface area contributed by atoms with Crippen LogP contribution >= 0.6 is 0 Å². The van der Waals surface area contributed by atoms with Crippen LogP contribution in [0.15, 0.2) is 18.2 Å². The molecule has 0 aromatic heterocycles. The topological polar surface area (TPSA) is 39.7 Å². The first kappa shape index (κ1) is 14.7. The lowest BCUT2D eigenvalue weighted by Crippen LogP contribution is -2.38. The molecule has 0 radical (unpaired) electrons. The monoisotopic (exact) mass is 291 g/mol. The highest BCUT2D eigenvalue weighted by Gasteiger charge is 2.33. The normalized spacial score (nSPS) is 23.3. The fourth-order valence-electron chi connectivity index (χ4n) is 2.79. The van der Waals surface area contributed by atoms with Crippen LogP contribution in [0.2, 0.25) is 0 Å². The molecule has 0 bridgehead atoms. The van der Waals surface area contributed by atoms with Crippen LogP contribution in [0.3, 0.4) is 0 Å². The zero-order valence-electron chi connectivity index (χ0n) is 13.1. The Morgan fingerprint density at radius 2 is 2.14 bits per heavy atom. The molecule has 2 aliphatic rings. The Labute approximate surface area is 126 Å². The van der Waals surface area contributed by atoms with Gasteiger partial charge in [-0.15, -0.1) is 0 Å². The third-order valence-corrected chi connectivity index (χ3v) is 4.15. The molecule has 1 saturated carbocycles. The van der Waals surface area contributed by atoms with E-state index in [0.717, 1.165) is 30.4 Å². The highest BCUT2D eigenvalue weighted by molar-refractivity contribution is 5.44. The van der Waals surface area contributed by atoms with E-state index in [1.165, 1.54) is 18.4 Å². The van der Waals surface area contributed by atoms with E-state index in [2.05, 4.69) is 25.2 Å². The van der Waals surface area contributed by atoms with Crippen LogP contribution in [0.25, 0.3) is 0 Å². The molecule has 1 N–H and O–H groups in total. The van der Waals surface area contributed by atoms with E-state index >= 15 is 0 Å². The minimum Gasteiger partial charge on any atom is -0.487 e. The molecule has 1 aliphatic heterocycles. The summed E-state index contributed by atoms with van der Waals surface area (Å²) in [4.78, 5) is 0. The van der Waals surface area contributed by atoms with Gasteiger partial charge in [-0.2, -0.15) is 0 Å². The highest BCUT2D eigenvalue weighted by atomic mass is 16.7. The zero-order valence-corrected chi connectivity index (χ0v) is 13.1. The van der Waals surface area contributed by atoms with Crippen molar-refractivity contribution in [3.05, 3.63) is 23.8 Å². The summed E-state index contributed by atoms with van der Waals surface area (Å²) in [6, 6.07) is 6.37. The molecule has 1 aromatic rings. The van der Waals surface area contributed by atoms with Crippen LogP contribution in [-0.4, -0.2) is 26.0 Å². The van der Waals surface area contributed by atoms with Gasteiger partial charge >= 0.3 is 0 Å². The van der Waals surface area contributed by atoms with Gasteiger partial charge in [0, 0.05) is 24.1 Å². The Balaban J connectivity index is 1.64. The predicted molar refractivity (Wildman–Crippen MR) is 81.7 cm³/mol. The lowest BCUT2D eigenvalue weighted by atomic mass is 9.90. The molecule has 1 fully saturated rings. The molecule has 0 amide bonds. The fraction of sp³-hybridized carbons (Fsp3) is 0.647. The van der Waals surface area contributed by atoms with E-state index in [4.69, 9.17) is 14.2 Å². The van der Waals surface area contributed by atoms with Crippen LogP contribution in [-0.2, 0) is 4.74 Å². The number of hydrogen-bond acceptors (Lipinski definition) is 4. The molecule has 1 unspecified atom stereocenters. The van der Waals surface area contributed by atoms with Gasteiger partial charge < -0.3 is 19.5 Å². The SMILES string of the molecule is CNC1CC(C)(C)Oc2cc(OCOCC3CC3)ccc21. The molecule has 4 heteroatoms. The van der Waals surface area contributed by atoms with Crippen molar-refractivity contribution in [1.29, 1.82) is 0 Å². The summed E-state index contributed by atoms with van der Waals surface area (Å²) in [6.07, 6.45) is 3.56. The molecule has 1 aliphatic carbocycles. The summed E-state index contributed by atoms with van der Waals surface area (Å²) in [7, 11) is 1.99. The van der Waals surface area contributed by atoms with Gasteiger partial charge in [-0.1, -0.05) is 6.07 Å². The minimum atomic E-state index is -0.165. The van der Waals surface area contributed by atoms with Crippen molar-refractivity contribution in [2.75, 3.05) is 20.4 Å². The summed E-state index contributed by atoms with van der Waals surface area (Å²) in [6.45, 7) is 5.36. The van der Waals surface area contributed by atoms with Crippen molar-refractivity contribution < 1.29 is 14.2 Å². The standard InChI is InChI=1S/C17H25NO3/c1-17(2)9-15(18-3)14-7-6-13(8-16(14)21-17)20-11-19-10-12-4-5-12/h6-8,12,15,18H,4-5,9-11H2,1-3H3. The van der Waals surface area contributed by atoms with Gasteiger partial charge in [-0.05, 0) is 45.7 Å². The minimum absolute atomic E-state index is 0.165. The van der Waals surface area contributed by atoms with Crippen molar-refractivity contribution in [3.8, 4) is 11.5 Å². The first-order valence-electron chi connectivity index (χ1n) is 7.78. The van der Waals surface area contributed by atoms with Crippen molar-refractivity contribution in [3.63, 3.8) is 0 Å². The molecule has 1 atom stereocenters. The van der Waals surface area contributed by atoms with Crippen molar-refractivity contribution in [1.82, 2.24) is 5.32 Å². The van der Waals surface area contributed by atoms with Crippen molar-refractivity contribution >= 4 is 0 Å². The van der Waals surface area contributed by atoms with E-state index in [0.29, 0.717) is 12.8 Å². The van der Waals surface area contributed by atoms with E-state index in [1.54, 1.807) is 0 Å². The van der Waals surface area contributed by atoms with E-state index in [-0.39, 0.29) is 5.60 Å². The molecule has 1 aromatic carbocycles. The molecule has 4 nitrogen and oxygen atoms in total. The zero-order chi connectivity index (χ0) is 14.9. The van der Waals surface area contributed by atoms with Crippen molar-refractivity contribution in [2.45, 2.75) is 44.8 Å². The largest absolute Gasteiger partial charge is 0.487 e. The van der Waals surface area contributed by atoms with Gasteiger partial charge in [0.1, 0.15) is 17.1 Å². The van der Waals surface area contributed by atoms with Crippen LogP contribution in [0, 0.1) is 5.92 Å². The Bertz CT molecular complexity index is 497. The Morgan fingerprint density at radius 3 is 2.86 bits per heavy atom. The second-order valence-electron chi connectivity index (χ2n) is 6.68. The van der Waals surface area contributed by atoms with E-state index in [9.17, 15) is 0 Å². The molecule has 116 valence electrons. The quantitative estimate of drug-likeness (QED) is 0.645. The smallest absolute Gasteiger partial charge is 0.189 e. The molecule has 0 spiro atoms. The van der Waals surface area contributed by atoms with Gasteiger partial charge in [0.05, 0.1) is 6.61 Å². The van der Waals surface area contributed by atoms with E-state index in [1.807, 2.05) is 19.2 Å². The van der Waals surface area contributed by atoms with Gasteiger partial charge in [-0.3, -0.25) is 0 Å². The first-order chi connectivity index (χ1) is 10.1. The third-order valence-electron chi connectivity index (χ3n) is 4.15. The third kappa shape index (κ3) is 3.69. The average Bonchev–Trinajstić information content (AvgIpc) is 3.25. The Kier molecular flexibility index (Phi) is 4.09. The molecular formula is C17H25NO3. The number of ether oxygens (including phenoxy) is 3. The number of nitrogens with one attached hydrogen (secondary N) is 1. The summed E-state index contributed by atoms with van der Waals surface area (Å²) in [5.41, 5.74) is 1.03. The summed E-state index contributed by atoms with van der Waals surface area (Å²) < 4.78 is 17.3. The van der Waals surface area contributed by atoms with Gasteiger partial charge in [0.25, 0.3) is 0 Å². The maximum absolute atomic E-state index is 6.09. The summed E-state index contributed by atoms with van der Waals surface area (Å²) in [5, 5.41) is 3.36. The Hall–Kier alpha value is -1.26. The van der Waals surface area contributed by atoms with Crippen LogP contribution < -0.4 is 14.8 Å².